The van der Waals surface area contributed by atoms with Gasteiger partial charge in [-0.25, -0.2) is 17.2 Å². The van der Waals surface area contributed by atoms with E-state index in [1.54, 1.807) is 0 Å². The third-order valence-corrected chi connectivity index (χ3v) is 3.58. The molecule has 0 aliphatic heterocycles. The first-order chi connectivity index (χ1) is 7.86. The number of halogens is 2. The fourth-order valence-electron chi connectivity index (χ4n) is 1.17. The minimum absolute atomic E-state index is 0.344. The summed E-state index contributed by atoms with van der Waals surface area (Å²) < 4.78 is 53.2. The molecular weight excluding hydrogens is 254 g/mol. The highest BCUT2D eigenvalue weighted by Crippen LogP contribution is 2.15. The number of ketones is 1. The van der Waals surface area contributed by atoms with E-state index in [-0.39, 0.29) is 6.61 Å². The van der Waals surface area contributed by atoms with Gasteiger partial charge in [0.1, 0.15) is 12.4 Å². The predicted octanol–water partition coefficient (Wildman–Crippen LogP) is 0.954. The first kappa shape index (κ1) is 13.7. The molecule has 0 saturated carbocycles. The normalized spacial score (nSPS) is 11.5. The molecule has 0 unspecified atom stereocenters. The van der Waals surface area contributed by atoms with E-state index in [9.17, 15) is 22.0 Å². The van der Waals surface area contributed by atoms with Crippen LogP contribution in [0.4, 0.5) is 8.78 Å². The fraction of sp³-hybridized carbons (Fsp3) is 0.300. The quantitative estimate of drug-likeness (QED) is 0.743. The van der Waals surface area contributed by atoms with E-state index in [0.717, 1.165) is 6.07 Å². The first-order valence-electron chi connectivity index (χ1n) is 4.55. The van der Waals surface area contributed by atoms with Crippen LogP contribution in [0.3, 0.4) is 0 Å². The lowest BCUT2D eigenvalue weighted by Crippen LogP contribution is -2.20. The van der Waals surface area contributed by atoms with Crippen LogP contribution in [0.5, 0.6) is 0 Å². The summed E-state index contributed by atoms with van der Waals surface area (Å²) in [6, 6.07) is 2.15. The maximum atomic E-state index is 12.8. The number of sulfone groups is 1. The molecule has 0 amide bonds. The van der Waals surface area contributed by atoms with Gasteiger partial charge in [0.05, 0.1) is 4.90 Å². The Morgan fingerprint density at radius 2 is 1.94 bits per heavy atom. The highest BCUT2D eigenvalue weighted by Gasteiger charge is 2.20. The second-order valence-electron chi connectivity index (χ2n) is 3.31. The molecule has 0 aromatic heterocycles. The van der Waals surface area contributed by atoms with Crippen molar-refractivity contribution in [1.82, 2.24) is 0 Å². The molecule has 0 aliphatic carbocycles. The fourth-order valence-corrected chi connectivity index (χ4v) is 2.40. The van der Waals surface area contributed by atoms with Crippen molar-refractivity contribution in [3.8, 4) is 0 Å². The Morgan fingerprint density at radius 3 is 2.47 bits per heavy atom. The predicted molar refractivity (Wildman–Crippen MR) is 55.3 cm³/mol. The summed E-state index contributed by atoms with van der Waals surface area (Å²) in [5.41, 5.74) is 0. The van der Waals surface area contributed by atoms with Crippen LogP contribution in [0.15, 0.2) is 23.1 Å². The van der Waals surface area contributed by atoms with E-state index in [1.807, 2.05) is 0 Å². The molecule has 0 aliphatic rings. The number of carbonyl (C=O) groups excluding carboxylic acids is 1. The number of carbonyl (C=O) groups is 1. The Bertz CT molecular complexity index is 525. The zero-order valence-electron chi connectivity index (χ0n) is 8.94. The van der Waals surface area contributed by atoms with Crippen LogP contribution in [0.1, 0.15) is 0 Å². The molecule has 0 spiro atoms. The van der Waals surface area contributed by atoms with Crippen LogP contribution in [0, 0.1) is 11.6 Å². The topological polar surface area (TPSA) is 60.4 Å². The summed E-state index contributed by atoms with van der Waals surface area (Å²) in [6.07, 6.45) is 0. The summed E-state index contributed by atoms with van der Waals surface area (Å²) >= 11 is 0. The van der Waals surface area contributed by atoms with Crippen LogP contribution >= 0.6 is 0 Å². The van der Waals surface area contributed by atoms with E-state index in [2.05, 4.69) is 4.74 Å². The molecule has 0 fully saturated rings. The highest BCUT2D eigenvalue weighted by atomic mass is 32.2. The lowest BCUT2D eigenvalue weighted by atomic mass is 10.3. The summed E-state index contributed by atoms with van der Waals surface area (Å²) in [5, 5.41) is 0. The maximum Gasteiger partial charge on any atom is 0.185 e. The summed E-state index contributed by atoms with van der Waals surface area (Å²) in [4.78, 5) is 10.7. The highest BCUT2D eigenvalue weighted by molar-refractivity contribution is 7.92. The summed E-state index contributed by atoms with van der Waals surface area (Å²) in [7, 11) is -2.71. The van der Waals surface area contributed by atoms with Crippen molar-refractivity contribution >= 4 is 15.6 Å². The maximum absolute atomic E-state index is 12.8. The van der Waals surface area contributed by atoms with Crippen LogP contribution < -0.4 is 0 Å². The minimum Gasteiger partial charge on any atom is -0.377 e. The number of ether oxygens (including phenoxy) is 1. The Hall–Kier alpha value is -1.34. The van der Waals surface area contributed by atoms with E-state index >= 15 is 0 Å². The van der Waals surface area contributed by atoms with Crippen molar-refractivity contribution in [2.45, 2.75) is 4.90 Å². The number of Topliss-reactive ketones (excluding diaryl/α,β-unsaturated/α-hetero) is 1. The van der Waals surface area contributed by atoms with Gasteiger partial charge < -0.3 is 4.74 Å². The SMILES string of the molecule is COCC(=O)CS(=O)(=O)c1ccc(F)c(F)c1. The molecule has 0 heterocycles. The van der Waals surface area contributed by atoms with Gasteiger partial charge in [-0.1, -0.05) is 0 Å². The van der Waals surface area contributed by atoms with Gasteiger partial charge in [0.15, 0.2) is 27.3 Å². The van der Waals surface area contributed by atoms with Crippen molar-refractivity contribution in [3.63, 3.8) is 0 Å². The number of rotatable bonds is 5. The Labute approximate surface area is 97.1 Å². The number of methoxy groups -OCH3 is 1. The van der Waals surface area contributed by atoms with Crippen molar-refractivity contribution in [2.75, 3.05) is 19.5 Å². The van der Waals surface area contributed by atoms with Crippen molar-refractivity contribution in [2.24, 2.45) is 0 Å². The molecule has 1 rings (SSSR count). The van der Waals surface area contributed by atoms with E-state index in [0.29, 0.717) is 12.1 Å². The molecule has 0 radical (unpaired) electrons. The van der Waals surface area contributed by atoms with E-state index in [1.165, 1.54) is 7.11 Å². The molecule has 7 heteroatoms. The average Bonchev–Trinajstić information content (AvgIpc) is 2.21. The average molecular weight is 264 g/mol. The van der Waals surface area contributed by atoms with Gasteiger partial charge in [0.2, 0.25) is 0 Å². The van der Waals surface area contributed by atoms with Crippen LogP contribution in [0.25, 0.3) is 0 Å². The van der Waals surface area contributed by atoms with Crippen LogP contribution in [-0.2, 0) is 19.4 Å². The van der Waals surface area contributed by atoms with Crippen molar-refractivity contribution in [1.29, 1.82) is 0 Å². The zero-order valence-corrected chi connectivity index (χ0v) is 9.76. The molecule has 0 atom stereocenters. The zero-order chi connectivity index (χ0) is 13.1. The van der Waals surface area contributed by atoms with Gasteiger partial charge in [0.25, 0.3) is 0 Å². The number of hydrogen-bond acceptors (Lipinski definition) is 4. The lowest BCUT2D eigenvalue weighted by Gasteiger charge is -2.04. The largest absolute Gasteiger partial charge is 0.377 e. The number of hydrogen-bond donors (Lipinski definition) is 0. The van der Waals surface area contributed by atoms with Crippen LogP contribution in [-0.4, -0.2) is 33.7 Å². The summed E-state index contributed by atoms with van der Waals surface area (Å²) in [5.74, 6) is -3.87. The standard InChI is InChI=1S/C10H10F2O4S/c1-16-5-7(13)6-17(14,15)8-2-3-9(11)10(12)4-8/h2-4H,5-6H2,1H3. The van der Waals surface area contributed by atoms with Crippen molar-refractivity contribution < 1.29 is 26.7 Å². The molecule has 1 aromatic carbocycles. The molecule has 94 valence electrons. The van der Waals surface area contributed by atoms with Crippen molar-refractivity contribution in [3.05, 3.63) is 29.8 Å². The monoisotopic (exact) mass is 264 g/mol. The van der Waals surface area contributed by atoms with Gasteiger partial charge in [-0.2, -0.15) is 0 Å². The van der Waals surface area contributed by atoms with E-state index in [4.69, 9.17) is 0 Å². The molecular formula is C10H10F2O4S. The van der Waals surface area contributed by atoms with E-state index < -0.39 is 37.9 Å². The van der Waals surface area contributed by atoms with Gasteiger partial charge >= 0.3 is 0 Å². The second kappa shape index (κ2) is 5.33. The molecule has 0 N–H and O–H groups in total. The molecule has 4 nitrogen and oxygen atoms in total. The Kier molecular flexibility index (Phi) is 4.30. The first-order valence-corrected chi connectivity index (χ1v) is 6.20. The molecule has 17 heavy (non-hydrogen) atoms. The molecule has 0 bridgehead atoms. The number of benzene rings is 1. The minimum atomic E-state index is -3.96. The smallest absolute Gasteiger partial charge is 0.185 e. The Balaban J connectivity index is 2.97. The third-order valence-electron chi connectivity index (χ3n) is 1.91. The lowest BCUT2D eigenvalue weighted by molar-refractivity contribution is -0.120. The van der Waals surface area contributed by atoms with Gasteiger partial charge in [0, 0.05) is 7.11 Å². The van der Waals surface area contributed by atoms with Gasteiger partial charge in [-0.05, 0) is 18.2 Å². The summed E-state index contributed by atoms with van der Waals surface area (Å²) in [6.45, 7) is -0.344. The van der Waals surface area contributed by atoms with Crippen LogP contribution in [0.2, 0.25) is 0 Å². The second-order valence-corrected chi connectivity index (χ2v) is 5.30. The molecule has 1 aromatic rings. The Morgan fingerprint density at radius 1 is 1.29 bits per heavy atom. The van der Waals surface area contributed by atoms with Gasteiger partial charge in [-0.15, -0.1) is 0 Å². The van der Waals surface area contributed by atoms with Gasteiger partial charge in [-0.3, -0.25) is 4.79 Å². The third kappa shape index (κ3) is 3.57. The molecule has 0 saturated heterocycles.